The predicted octanol–water partition coefficient (Wildman–Crippen LogP) is 2.45. The monoisotopic (exact) mass is 243 g/mol. The van der Waals surface area contributed by atoms with Gasteiger partial charge in [-0.25, -0.2) is 0 Å². The molecule has 0 saturated carbocycles. The third-order valence-corrected chi connectivity index (χ3v) is 3.28. The number of benzene rings is 1. The van der Waals surface area contributed by atoms with E-state index >= 15 is 0 Å². The number of hydrogen-bond acceptors (Lipinski definition) is 3. The van der Waals surface area contributed by atoms with Crippen molar-refractivity contribution in [3.05, 3.63) is 28.8 Å². The molecule has 90 valence electrons. The van der Waals surface area contributed by atoms with Gasteiger partial charge in [-0.1, -0.05) is 44.0 Å². The smallest absolute Gasteiger partial charge is 0.139 e. The fourth-order valence-electron chi connectivity index (χ4n) is 1.58. The lowest BCUT2D eigenvalue weighted by molar-refractivity contribution is 0.0871. The Kier molecular flexibility index (Phi) is 4.59. The number of nitrogens with two attached hydrogens (primary N) is 1. The van der Waals surface area contributed by atoms with Crippen LogP contribution in [0.15, 0.2) is 18.2 Å². The van der Waals surface area contributed by atoms with E-state index in [1.54, 1.807) is 18.2 Å². The molecular weight excluding hydrogens is 226 g/mol. The van der Waals surface area contributed by atoms with Gasteiger partial charge >= 0.3 is 0 Å². The molecule has 1 aromatic carbocycles. The topological polar surface area (TPSA) is 66.5 Å². The van der Waals surface area contributed by atoms with Gasteiger partial charge in [-0.2, -0.15) is 0 Å². The lowest BCUT2D eigenvalue weighted by Crippen LogP contribution is -2.31. The first-order valence-electron chi connectivity index (χ1n) is 5.40. The summed E-state index contributed by atoms with van der Waals surface area (Å²) < 4.78 is 0. The molecule has 0 bridgehead atoms. The fourth-order valence-corrected chi connectivity index (χ4v) is 1.76. The van der Waals surface area contributed by atoms with Crippen LogP contribution in [0.5, 0.6) is 5.75 Å². The summed E-state index contributed by atoms with van der Waals surface area (Å²) in [7, 11) is 0. The molecule has 0 saturated heterocycles. The average Bonchev–Trinajstić information content (AvgIpc) is 2.29. The van der Waals surface area contributed by atoms with Crippen molar-refractivity contribution >= 4 is 11.6 Å². The molecule has 1 aromatic rings. The Morgan fingerprint density at radius 3 is 2.62 bits per heavy atom. The second kappa shape index (κ2) is 5.53. The van der Waals surface area contributed by atoms with Gasteiger partial charge in [-0.3, -0.25) is 0 Å². The molecule has 1 unspecified atom stereocenters. The Bertz CT molecular complexity index is 357. The zero-order chi connectivity index (χ0) is 12.3. The van der Waals surface area contributed by atoms with E-state index in [0.29, 0.717) is 5.56 Å². The van der Waals surface area contributed by atoms with Crippen LogP contribution < -0.4 is 5.73 Å². The van der Waals surface area contributed by atoms with Gasteiger partial charge in [-0.15, -0.1) is 0 Å². The van der Waals surface area contributed by atoms with Crippen LogP contribution in [-0.2, 0) is 0 Å². The zero-order valence-electron chi connectivity index (χ0n) is 9.52. The Hall–Kier alpha value is -0.770. The number of aromatic hydroxyl groups is 1. The standard InChI is InChI=1S/C12H18ClNO2/c1-3-7(2)11(15)10(14)8-5-4-6-9(13)12(8)16/h4-7,10-11,15-16H,3,14H2,1-2H3/t7?,10-,11+/m1/s1. The van der Waals surface area contributed by atoms with E-state index < -0.39 is 12.1 Å². The molecule has 1 rings (SSSR count). The summed E-state index contributed by atoms with van der Waals surface area (Å²) in [6.07, 6.45) is 0.144. The number of aliphatic hydroxyl groups is 1. The van der Waals surface area contributed by atoms with Gasteiger partial charge in [0.1, 0.15) is 5.75 Å². The Morgan fingerprint density at radius 1 is 1.44 bits per heavy atom. The second-order valence-electron chi connectivity index (χ2n) is 4.08. The van der Waals surface area contributed by atoms with Crippen LogP contribution in [0.3, 0.4) is 0 Å². The molecule has 3 nitrogen and oxygen atoms in total. The normalized spacial score (nSPS) is 16.8. The van der Waals surface area contributed by atoms with Gasteiger partial charge in [0.15, 0.2) is 0 Å². The van der Waals surface area contributed by atoms with Crippen molar-refractivity contribution in [2.75, 3.05) is 0 Å². The maximum atomic E-state index is 9.98. The summed E-state index contributed by atoms with van der Waals surface area (Å²) in [5.41, 5.74) is 6.40. The summed E-state index contributed by atoms with van der Waals surface area (Å²) in [4.78, 5) is 0. The summed E-state index contributed by atoms with van der Waals surface area (Å²) in [5.74, 6) is 0.0346. The lowest BCUT2D eigenvalue weighted by Gasteiger charge is -2.24. The van der Waals surface area contributed by atoms with E-state index in [0.717, 1.165) is 6.42 Å². The second-order valence-corrected chi connectivity index (χ2v) is 4.49. The zero-order valence-corrected chi connectivity index (χ0v) is 10.3. The summed E-state index contributed by atoms with van der Waals surface area (Å²) in [6, 6.07) is 4.36. The van der Waals surface area contributed by atoms with E-state index in [2.05, 4.69) is 0 Å². The minimum Gasteiger partial charge on any atom is -0.506 e. The Labute approximate surface area is 101 Å². The van der Waals surface area contributed by atoms with E-state index in [4.69, 9.17) is 17.3 Å². The number of halogens is 1. The van der Waals surface area contributed by atoms with Crippen molar-refractivity contribution in [2.45, 2.75) is 32.4 Å². The molecule has 0 aliphatic rings. The van der Waals surface area contributed by atoms with Crippen molar-refractivity contribution in [1.29, 1.82) is 0 Å². The highest BCUT2D eigenvalue weighted by atomic mass is 35.5. The van der Waals surface area contributed by atoms with Crippen LogP contribution in [0.2, 0.25) is 5.02 Å². The summed E-state index contributed by atoms with van der Waals surface area (Å²) in [6.45, 7) is 3.91. The highest BCUT2D eigenvalue weighted by Gasteiger charge is 2.24. The molecule has 0 amide bonds. The Balaban J connectivity index is 2.96. The summed E-state index contributed by atoms with van der Waals surface area (Å²) >= 11 is 5.79. The van der Waals surface area contributed by atoms with Crippen LogP contribution in [0.4, 0.5) is 0 Å². The molecule has 3 atom stereocenters. The van der Waals surface area contributed by atoms with Crippen molar-refractivity contribution < 1.29 is 10.2 Å². The third kappa shape index (κ3) is 2.67. The fraction of sp³-hybridized carbons (Fsp3) is 0.500. The van der Waals surface area contributed by atoms with Crippen LogP contribution in [0, 0.1) is 5.92 Å². The first-order valence-corrected chi connectivity index (χ1v) is 5.77. The number of rotatable bonds is 4. The van der Waals surface area contributed by atoms with Crippen molar-refractivity contribution in [2.24, 2.45) is 11.7 Å². The highest BCUT2D eigenvalue weighted by Crippen LogP contribution is 2.33. The number of phenols is 1. The minimum absolute atomic E-state index is 0.0426. The van der Waals surface area contributed by atoms with Crippen molar-refractivity contribution in [3.8, 4) is 5.75 Å². The number of aliphatic hydroxyl groups excluding tert-OH is 1. The highest BCUT2D eigenvalue weighted by molar-refractivity contribution is 6.32. The van der Waals surface area contributed by atoms with Crippen LogP contribution in [0.1, 0.15) is 31.9 Å². The van der Waals surface area contributed by atoms with Gasteiger partial charge in [0.2, 0.25) is 0 Å². The molecule has 0 aromatic heterocycles. The first-order chi connectivity index (χ1) is 7.49. The van der Waals surface area contributed by atoms with Crippen molar-refractivity contribution in [1.82, 2.24) is 0 Å². The predicted molar refractivity (Wildman–Crippen MR) is 65.5 cm³/mol. The average molecular weight is 244 g/mol. The molecule has 4 heteroatoms. The number of phenolic OH excluding ortho intramolecular Hbond substituents is 1. The third-order valence-electron chi connectivity index (χ3n) is 2.97. The molecule has 0 heterocycles. The molecule has 0 fully saturated rings. The molecule has 0 aliphatic carbocycles. The maximum Gasteiger partial charge on any atom is 0.139 e. The SMILES string of the molecule is CCC(C)[C@H](O)[C@H](N)c1cccc(Cl)c1O. The van der Waals surface area contributed by atoms with Gasteiger partial charge in [0, 0.05) is 5.56 Å². The Morgan fingerprint density at radius 2 is 2.06 bits per heavy atom. The minimum atomic E-state index is -0.686. The van der Waals surface area contributed by atoms with E-state index in [-0.39, 0.29) is 16.7 Å². The number of hydrogen-bond donors (Lipinski definition) is 3. The van der Waals surface area contributed by atoms with Crippen LogP contribution in [-0.4, -0.2) is 16.3 Å². The first kappa shape index (κ1) is 13.3. The van der Waals surface area contributed by atoms with Gasteiger partial charge in [0.25, 0.3) is 0 Å². The van der Waals surface area contributed by atoms with Crippen LogP contribution >= 0.6 is 11.6 Å². The largest absolute Gasteiger partial charge is 0.506 e. The quantitative estimate of drug-likeness (QED) is 0.761. The van der Waals surface area contributed by atoms with Gasteiger partial charge < -0.3 is 15.9 Å². The molecule has 4 N–H and O–H groups in total. The van der Waals surface area contributed by atoms with Crippen molar-refractivity contribution in [3.63, 3.8) is 0 Å². The van der Waals surface area contributed by atoms with Gasteiger partial charge in [-0.05, 0) is 12.0 Å². The maximum absolute atomic E-state index is 9.98. The van der Waals surface area contributed by atoms with Gasteiger partial charge in [0.05, 0.1) is 17.2 Å². The number of para-hydroxylation sites is 1. The molecule has 0 radical (unpaired) electrons. The molecule has 0 aliphatic heterocycles. The van der Waals surface area contributed by atoms with E-state index in [9.17, 15) is 10.2 Å². The molecule has 0 spiro atoms. The lowest BCUT2D eigenvalue weighted by atomic mass is 9.91. The molecule has 16 heavy (non-hydrogen) atoms. The van der Waals surface area contributed by atoms with E-state index in [1.807, 2.05) is 13.8 Å². The van der Waals surface area contributed by atoms with E-state index in [1.165, 1.54) is 0 Å². The van der Waals surface area contributed by atoms with Crippen LogP contribution in [0.25, 0.3) is 0 Å². The molecular formula is C12H18ClNO2. The summed E-state index contributed by atoms with van der Waals surface area (Å²) in [5, 5.41) is 20.0.